The zero-order valence-electron chi connectivity index (χ0n) is 14.8. The Bertz CT molecular complexity index is 760. The Labute approximate surface area is 145 Å². The second kappa shape index (κ2) is 6.67. The van der Waals surface area contributed by atoms with E-state index in [4.69, 9.17) is 0 Å². The molecule has 2 aromatic rings. The molecule has 2 aromatic carbocycles. The van der Waals surface area contributed by atoms with Crippen LogP contribution >= 0.6 is 0 Å². The molecule has 0 amide bonds. The lowest BCUT2D eigenvalue weighted by molar-refractivity contribution is 0.367. The van der Waals surface area contributed by atoms with E-state index in [9.17, 15) is 5.26 Å². The molecule has 1 aliphatic heterocycles. The molecule has 0 N–H and O–H groups in total. The van der Waals surface area contributed by atoms with Gasteiger partial charge in [-0.05, 0) is 63.2 Å². The highest BCUT2D eigenvalue weighted by Crippen LogP contribution is 2.45. The summed E-state index contributed by atoms with van der Waals surface area (Å²) in [6.07, 6.45) is 2.66. The Hall–Kier alpha value is -2.31. The summed E-state index contributed by atoms with van der Waals surface area (Å²) in [6, 6.07) is 19.6. The third-order valence-electron chi connectivity index (χ3n) is 5.05. The van der Waals surface area contributed by atoms with Gasteiger partial charge < -0.3 is 9.80 Å². The molecule has 0 saturated heterocycles. The van der Waals surface area contributed by atoms with Crippen LogP contribution in [0.3, 0.4) is 0 Å². The van der Waals surface area contributed by atoms with Crippen molar-refractivity contribution in [1.29, 1.82) is 5.26 Å². The van der Waals surface area contributed by atoms with Crippen molar-refractivity contribution in [1.82, 2.24) is 4.90 Å². The summed E-state index contributed by atoms with van der Waals surface area (Å²) in [5.74, 6) is 0. The monoisotopic (exact) mass is 319 g/mol. The van der Waals surface area contributed by atoms with E-state index in [1.807, 2.05) is 0 Å². The number of benzene rings is 2. The average Bonchev–Trinajstić information content (AvgIpc) is 2.70. The first kappa shape index (κ1) is 16.5. The first-order valence-electron chi connectivity index (χ1n) is 8.54. The lowest BCUT2D eigenvalue weighted by atomic mass is 9.73. The van der Waals surface area contributed by atoms with Crippen LogP contribution in [0.25, 0.3) is 0 Å². The van der Waals surface area contributed by atoms with E-state index < -0.39 is 5.41 Å². The molecular weight excluding hydrogens is 294 g/mol. The van der Waals surface area contributed by atoms with Crippen molar-refractivity contribution in [2.75, 3.05) is 32.6 Å². The summed E-state index contributed by atoms with van der Waals surface area (Å²) < 4.78 is 0. The Balaban J connectivity index is 2.11. The number of hydrogen-bond donors (Lipinski definition) is 0. The van der Waals surface area contributed by atoms with E-state index >= 15 is 0 Å². The van der Waals surface area contributed by atoms with Gasteiger partial charge in [-0.3, -0.25) is 0 Å². The molecule has 3 rings (SSSR count). The summed E-state index contributed by atoms with van der Waals surface area (Å²) in [5.41, 5.74) is 4.30. The van der Waals surface area contributed by atoms with Crippen molar-refractivity contribution in [3.63, 3.8) is 0 Å². The van der Waals surface area contributed by atoms with Gasteiger partial charge in [-0.2, -0.15) is 5.26 Å². The van der Waals surface area contributed by atoms with Gasteiger partial charge in [0, 0.05) is 18.4 Å². The van der Waals surface area contributed by atoms with Crippen LogP contribution < -0.4 is 4.90 Å². The fourth-order valence-electron chi connectivity index (χ4n) is 3.78. The van der Waals surface area contributed by atoms with Crippen molar-refractivity contribution < 1.29 is 0 Å². The van der Waals surface area contributed by atoms with Crippen molar-refractivity contribution >= 4 is 11.4 Å². The molecule has 0 aromatic heterocycles. The van der Waals surface area contributed by atoms with E-state index in [1.165, 1.54) is 11.3 Å². The van der Waals surface area contributed by atoms with Crippen LogP contribution in [-0.4, -0.2) is 32.6 Å². The zero-order valence-corrected chi connectivity index (χ0v) is 14.8. The van der Waals surface area contributed by atoms with E-state index in [0.717, 1.165) is 37.1 Å². The molecule has 1 unspecified atom stereocenters. The molecule has 0 aliphatic carbocycles. The normalized spacial score (nSPS) is 19.4. The minimum Gasteiger partial charge on any atom is -0.344 e. The van der Waals surface area contributed by atoms with Crippen molar-refractivity contribution in [3.05, 3.63) is 59.7 Å². The molecule has 0 saturated carbocycles. The Morgan fingerprint density at radius 2 is 1.75 bits per heavy atom. The van der Waals surface area contributed by atoms with Gasteiger partial charge in [0.2, 0.25) is 0 Å². The SMILES string of the molecule is CN(C)CCCC1(C#N)Cc2ccccc2N(C)c2ccccc21. The summed E-state index contributed by atoms with van der Waals surface area (Å²) >= 11 is 0. The Morgan fingerprint density at radius 1 is 1.08 bits per heavy atom. The fraction of sp³-hybridized carbons (Fsp3) is 0.381. The molecule has 1 heterocycles. The van der Waals surface area contributed by atoms with Gasteiger partial charge in [0.15, 0.2) is 0 Å². The number of rotatable bonds is 4. The Morgan fingerprint density at radius 3 is 2.46 bits per heavy atom. The van der Waals surface area contributed by atoms with Crippen LogP contribution in [0.4, 0.5) is 11.4 Å². The lowest BCUT2D eigenvalue weighted by Gasteiger charge is -2.28. The molecule has 0 spiro atoms. The van der Waals surface area contributed by atoms with Gasteiger partial charge in [0.05, 0.1) is 11.5 Å². The third kappa shape index (κ3) is 2.90. The smallest absolute Gasteiger partial charge is 0.0883 e. The first-order chi connectivity index (χ1) is 11.6. The van der Waals surface area contributed by atoms with Crippen LogP contribution in [-0.2, 0) is 11.8 Å². The largest absolute Gasteiger partial charge is 0.344 e. The van der Waals surface area contributed by atoms with Crippen LogP contribution in [0.2, 0.25) is 0 Å². The summed E-state index contributed by atoms with van der Waals surface area (Å²) in [7, 11) is 6.28. The van der Waals surface area contributed by atoms with E-state index in [-0.39, 0.29) is 0 Å². The van der Waals surface area contributed by atoms with Gasteiger partial charge in [-0.15, -0.1) is 0 Å². The predicted octanol–water partition coefficient (Wildman–Crippen LogP) is 4.11. The standard InChI is InChI=1S/C21H25N3/c1-23(2)14-8-13-21(16-22)15-17-9-4-6-11-19(17)24(3)20-12-7-5-10-18(20)21/h4-7,9-12H,8,13-15H2,1-3H3. The second-order valence-electron chi connectivity index (χ2n) is 6.98. The molecule has 24 heavy (non-hydrogen) atoms. The van der Waals surface area contributed by atoms with Gasteiger partial charge >= 0.3 is 0 Å². The molecule has 0 fully saturated rings. The molecule has 0 radical (unpaired) electrons. The van der Waals surface area contributed by atoms with Crippen molar-refractivity contribution in [2.24, 2.45) is 0 Å². The third-order valence-corrected chi connectivity index (χ3v) is 5.05. The highest BCUT2D eigenvalue weighted by molar-refractivity contribution is 5.73. The molecule has 1 atom stereocenters. The molecule has 124 valence electrons. The minimum absolute atomic E-state index is 0.465. The first-order valence-corrected chi connectivity index (χ1v) is 8.54. The highest BCUT2D eigenvalue weighted by Gasteiger charge is 2.38. The maximum Gasteiger partial charge on any atom is 0.0883 e. The van der Waals surface area contributed by atoms with Crippen molar-refractivity contribution in [3.8, 4) is 6.07 Å². The second-order valence-corrected chi connectivity index (χ2v) is 6.98. The summed E-state index contributed by atoms with van der Waals surface area (Å²) in [5, 5.41) is 10.2. The van der Waals surface area contributed by atoms with Crippen LogP contribution in [0.1, 0.15) is 24.0 Å². The van der Waals surface area contributed by atoms with Gasteiger partial charge in [0.25, 0.3) is 0 Å². The zero-order chi connectivity index (χ0) is 17.2. The topological polar surface area (TPSA) is 30.3 Å². The summed E-state index contributed by atoms with van der Waals surface area (Å²) in [4.78, 5) is 4.42. The number of para-hydroxylation sites is 2. The molecular formula is C21H25N3. The number of nitriles is 1. The number of nitrogens with zero attached hydrogens (tertiary/aromatic N) is 3. The van der Waals surface area contributed by atoms with E-state index in [1.54, 1.807) is 0 Å². The average molecular weight is 319 g/mol. The maximum atomic E-state index is 10.2. The molecule has 0 bridgehead atoms. The van der Waals surface area contributed by atoms with Crippen LogP contribution in [0.15, 0.2) is 48.5 Å². The van der Waals surface area contributed by atoms with Crippen LogP contribution in [0, 0.1) is 11.3 Å². The predicted molar refractivity (Wildman–Crippen MR) is 99.7 cm³/mol. The van der Waals surface area contributed by atoms with Crippen LogP contribution in [0.5, 0.6) is 0 Å². The maximum absolute atomic E-state index is 10.2. The highest BCUT2D eigenvalue weighted by atomic mass is 15.1. The number of hydrogen-bond acceptors (Lipinski definition) is 3. The number of fused-ring (bicyclic) bond motifs is 2. The Kier molecular flexibility index (Phi) is 4.59. The van der Waals surface area contributed by atoms with Crippen molar-refractivity contribution in [2.45, 2.75) is 24.7 Å². The number of anilines is 2. The quantitative estimate of drug-likeness (QED) is 0.849. The summed E-state index contributed by atoms with van der Waals surface area (Å²) in [6.45, 7) is 1.00. The van der Waals surface area contributed by atoms with Gasteiger partial charge in [0.1, 0.15) is 0 Å². The lowest BCUT2D eigenvalue weighted by Crippen LogP contribution is -2.28. The van der Waals surface area contributed by atoms with Gasteiger partial charge in [-0.1, -0.05) is 36.4 Å². The molecule has 3 heteroatoms. The van der Waals surface area contributed by atoms with Gasteiger partial charge in [-0.25, -0.2) is 0 Å². The molecule has 1 aliphatic rings. The fourth-order valence-corrected chi connectivity index (χ4v) is 3.78. The van der Waals surface area contributed by atoms with E-state index in [2.05, 4.69) is 85.5 Å². The van der Waals surface area contributed by atoms with E-state index in [0.29, 0.717) is 0 Å². The molecule has 3 nitrogen and oxygen atoms in total. The minimum atomic E-state index is -0.465.